The van der Waals surface area contributed by atoms with Crippen LogP contribution in [0.2, 0.25) is 0 Å². The Balaban J connectivity index is 1.53. The van der Waals surface area contributed by atoms with Gasteiger partial charge in [0.25, 0.3) is 0 Å². The van der Waals surface area contributed by atoms with Crippen molar-refractivity contribution in [2.45, 2.75) is 25.9 Å². The molecule has 0 saturated carbocycles. The summed E-state index contributed by atoms with van der Waals surface area (Å²) in [5.41, 5.74) is 1.85. The second-order valence-corrected chi connectivity index (χ2v) is 6.59. The third-order valence-corrected chi connectivity index (χ3v) is 4.69. The third kappa shape index (κ3) is 3.39. The molecule has 0 bridgehead atoms. The van der Waals surface area contributed by atoms with Crippen LogP contribution < -0.4 is 11.0 Å². The summed E-state index contributed by atoms with van der Waals surface area (Å²) < 4.78 is 0.469. The summed E-state index contributed by atoms with van der Waals surface area (Å²) in [6, 6.07) is 11.9. The predicted molar refractivity (Wildman–Crippen MR) is 99.3 cm³/mol. The lowest BCUT2D eigenvalue weighted by Gasteiger charge is -2.15. The van der Waals surface area contributed by atoms with Gasteiger partial charge < -0.3 is 10.5 Å². The average Bonchev–Trinajstić information content (AvgIpc) is 3.17. The molecule has 1 aliphatic heterocycles. The highest BCUT2D eigenvalue weighted by molar-refractivity contribution is 5.86. The van der Waals surface area contributed by atoms with Gasteiger partial charge in [-0.3, -0.25) is 4.90 Å². The largest absolute Gasteiger partial charge is 0.422 e. The summed E-state index contributed by atoms with van der Waals surface area (Å²) in [5.74, 6) is 0.424. The Bertz CT molecular complexity index is 979. The van der Waals surface area contributed by atoms with Crippen LogP contribution in [-0.2, 0) is 13.1 Å². The van der Waals surface area contributed by atoms with Crippen LogP contribution in [0.3, 0.4) is 0 Å². The fourth-order valence-electron chi connectivity index (χ4n) is 3.40. The van der Waals surface area contributed by atoms with Crippen LogP contribution in [0.15, 0.2) is 47.4 Å². The van der Waals surface area contributed by atoms with Gasteiger partial charge in [0.05, 0.1) is 5.39 Å². The number of likely N-dealkylation sites (tertiary alicyclic amines) is 1. The van der Waals surface area contributed by atoms with E-state index in [1.54, 1.807) is 12.1 Å². The monoisotopic (exact) mass is 351 g/mol. The molecule has 2 aromatic heterocycles. The van der Waals surface area contributed by atoms with E-state index < -0.39 is 5.69 Å². The van der Waals surface area contributed by atoms with Crippen molar-refractivity contribution in [2.75, 3.05) is 18.4 Å². The number of benzene rings is 1. The van der Waals surface area contributed by atoms with Crippen molar-refractivity contribution in [2.24, 2.45) is 0 Å². The van der Waals surface area contributed by atoms with Gasteiger partial charge in [-0.15, -0.1) is 4.73 Å². The van der Waals surface area contributed by atoms with Crippen LogP contribution in [0.1, 0.15) is 24.0 Å². The van der Waals surface area contributed by atoms with Gasteiger partial charge in [-0.05, 0) is 49.2 Å². The Morgan fingerprint density at radius 3 is 2.77 bits per heavy atom. The van der Waals surface area contributed by atoms with Crippen molar-refractivity contribution in [3.05, 3.63) is 64.2 Å². The Morgan fingerprint density at radius 2 is 1.92 bits per heavy atom. The number of aromatic nitrogens is 3. The topological polar surface area (TPSA) is 83.3 Å². The standard InChI is InChI=1S/C19H21N5O2/c25-19-22-17(16-7-4-8-20-18(16)24(19)26)21-12-14-5-3-6-15(11-14)13-23-9-1-2-10-23/h3-8,11,26H,1-2,9-10,12-13H2,(H,21,22,25). The Kier molecular flexibility index (Phi) is 4.53. The maximum atomic E-state index is 11.8. The van der Waals surface area contributed by atoms with Gasteiger partial charge in [0, 0.05) is 19.3 Å². The van der Waals surface area contributed by atoms with Crippen molar-refractivity contribution in [1.29, 1.82) is 0 Å². The fourth-order valence-corrected chi connectivity index (χ4v) is 3.40. The Morgan fingerprint density at radius 1 is 1.12 bits per heavy atom. The summed E-state index contributed by atoms with van der Waals surface area (Å²) >= 11 is 0. The van der Waals surface area contributed by atoms with E-state index in [0.717, 1.165) is 12.1 Å². The molecular weight excluding hydrogens is 330 g/mol. The summed E-state index contributed by atoms with van der Waals surface area (Å²) in [6.45, 7) is 3.85. The van der Waals surface area contributed by atoms with E-state index >= 15 is 0 Å². The van der Waals surface area contributed by atoms with Crippen molar-refractivity contribution in [3.8, 4) is 0 Å². The molecule has 134 valence electrons. The smallest absolute Gasteiger partial charge is 0.384 e. The molecule has 1 fully saturated rings. The lowest BCUT2D eigenvalue weighted by atomic mass is 10.1. The quantitative estimate of drug-likeness (QED) is 0.686. The first-order valence-corrected chi connectivity index (χ1v) is 8.82. The zero-order chi connectivity index (χ0) is 17.9. The first kappa shape index (κ1) is 16.5. The minimum Gasteiger partial charge on any atom is -0.422 e. The molecule has 0 aliphatic carbocycles. The molecule has 1 aromatic carbocycles. The van der Waals surface area contributed by atoms with E-state index in [-0.39, 0.29) is 5.65 Å². The van der Waals surface area contributed by atoms with E-state index in [9.17, 15) is 10.0 Å². The van der Waals surface area contributed by atoms with Gasteiger partial charge in [-0.1, -0.05) is 24.3 Å². The number of nitrogens with one attached hydrogen (secondary N) is 1. The van der Waals surface area contributed by atoms with Crippen LogP contribution in [0.25, 0.3) is 11.0 Å². The molecule has 2 N–H and O–H groups in total. The summed E-state index contributed by atoms with van der Waals surface area (Å²) in [6.07, 6.45) is 4.09. The number of pyridine rings is 1. The van der Waals surface area contributed by atoms with Gasteiger partial charge in [0.15, 0.2) is 5.65 Å². The highest BCUT2D eigenvalue weighted by Crippen LogP contribution is 2.18. The van der Waals surface area contributed by atoms with Gasteiger partial charge >= 0.3 is 5.69 Å². The second-order valence-electron chi connectivity index (χ2n) is 6.59. The molecule has 26 heavy (non-hydrogen) atoms. The van der Waals surface area contributed by atoms with Crippen molar-refractivity contribution < 1.29 is 5.21 Å². The lowest BCUT2D eigenvalue weighted by Crippen LogP contribution is -2.23. The van der Waals surface area contributed by atoms with E-state index in [4.69, 9.17) is 0 Å². The molecule has 0 atom stereocenters. The van der Waals surface area contributed by atoms with E-state index in [1.165, 1.54) is 37.7 Å². The third-order valence-electron chi connectivity index (χ3n) is 4.69. The van der Waals surface area contributed by atoms with Gasteiger partial charge in [-0.2, -0.15) is 4.98 Å². The summed E-state index contributed by atoms with van der Waals surface area (Å²) in [5, 5.41) is 13.6. The minimum absolute atomic E-state index is 0.192. The average molecular weight is 351 g/mol. The van der Waals surface area contributed by atoms with Gasteiger partial charge in [0.2, 0.25) is 0 Å². The summed E-state index contributed by atoms with van der Waals surface area (Å²) in [4.78, 5) is 22.3. The van der Waals surface area contributed by atoms with Crippen LogP contribution in [0.5, 0.6) is 0 Å². The molecule has 1 aliphatic rings. The van der Waals surface area contributed by atoms with Gasteiger partial charge in [0.1, 0.15) is 5.82 Å². The highest BCUT2D eigenvalue weighted by atomic mass is 16.5. The maximum absolute atomic E-state index is 11.8. The molecule has 0 spiro atoms. The van der Waals surface area contributed by atoms with Crippen LogP contribution >= 0.6 is 0 Å². The molecule has 0 unspecified atom stereocenters. The second kappa shape index (κ2) is 7.13. The highest BCUT2D eigenvalue weighted by Gasteiger charge is 2.12. The molecule has 7 heteroatoms. The van der Waals surface area contributed by atoms with E-state index in [2.05, 4.69) is 38.4 Å². The van der Waals surface area contributed by atoms with Gasteiger partial charge in [-0.25, -0.2) is 9.78 Å². The zero-order valence-corrected chi connectivity index (χ0v) is 14.4. The number of anilines is 1. The minimum atomic E-state index is -0.749. The van der Waals surface area contributed by atoms with Crippen molar-refractivity contribution >= 4 is 16.9 Å². The van der Waals surface area contributed by atoms with Crippen LogP contribution in [0, 0.1) is 0 Å². The first-order valence-electron chi connectivity index (χ1n) is 8.82. The Hall–Kier alpha value is -2.93. The SMILES string of the molecule is O=c1nc(NCc2cccc(CN3CCCC3)c2)c2cccnc2n1O. The van der Waals surface area contributed by atoms with Crippen molar-refractivity contribution in [3.63, 3.8) is 0 Å². The lowest BCUT2D eigenvalue weighted by molar-refractivity contribution is 0.182. The number of fused-ring (bicyclic) bond motifs is 1. The molecule has 1 saturated heterocycles. The number of hydrogen-bond donors (Lipinski definition) is 2. The number of nitrogens with zero attached hydrogens (tertiary/aromatic N) is 4. The van der Waals surface area contributed by atoms with Crippen LogP contribution in [0.4, 0.5) is 5.82 Å². The van der Waals surface area contributed by atoms with E-state index in [0.29, 0.717) is 22.5 Å². The first-order chi connectivity index (χ1) is 12.7. The molecule has 4 rings (SSSR count). The maximum Gasteiger partial charge on any atom is 0.384 e. The van der Waals surface area contributed by atoms with Crippen molar-refractivity contribution in [1.82, 2.24) is 19.6 Å². The predicted octanol–water partition coefficient (Wildman–Crippen LogP) is 2.24. The Labute approximate surface area is 150 Å². The number of rotatable bonds is 5. The summed E-state index contributed by atoms with van der Waals surface area (Å²) in [7, 11) is 0. The molecule has 3 heterocycles. The fraction of sp³-hybridized carbons (Fsp3) is 0.316. The molecule has 0 radical (unpaired) electrons. The van der Waals surface area contributed by atoms with E-state index in [1.807, 2.05) is 6.07 Å². The normalized spacial score (nSPS) is 14.8. The molecule has 0 amide bonds. The molecular formula is C19H21N5O2. The molecule has 7 nitrogen and oxygen atoms in total. The molecule has 3 aromatic rings. The number of hydrogen-bond acceptors (Lipinski definition) is 6. The zero-order valence-electron chi connectivity index (χ0n) is 14.4. The van der Waals surface area contributed by atoms with Crippen LogP contribution in [-0.4, -0.2) is 37.9 Å².